The number of thiazole rings is 1. The lowest BCUT2D eigenvalue weighted by Gasteiger charge is -2.35. The van der Waals surface area contributed by atoms with Crippen molar-refractivity contribution in [1.29, 1.82) is 0 Å². The van der Waals surface area contributed by atoms with Crippen LogP contribution in [0.3, 0.4) is 0 Å². The molecule has 0 bridgehead atoms. The van der Waals surface area contributed by atoms with E-state index < -0.39 is 14.3 Å². The summed E-state index contributed by atoms with van der Waals surface area (Å²) in [7, 11) is -1.91. The topological polar surface area (TPSA) is 85.4 Å². The minimum Gasteiger partial charge on any atom is -0.477 e. The number of anilines is 1. The van der Waals surface area contributed by atoms with Gasteiger partial charge in [0, 0.05) is 0 Å². The van der Waals surface area contributed by atoms with Crippen LogP contribution in [0.5, 0.6) is 0 Å². The summed E-state index contributed by atoms with van der Waals surface area (Å²) in [4.78, 5) is 15.2. The Labute approximate surface area is 112 Å². The second-order valence-corrected chi connectivity index (χ2v) is 11.5. The van der Waals surface area contributed by atoms with Crippen molar-refractivity contribution in [3.05, 3.63) is 10.6 Å². The van der Waals surface area contributed by atoms with Gasteiger partial charge in [-0.2, -0.15) is 0 Å². The summed E-state index contributed by atoms with van der Waals surface area (Å²) in [6.45, 7) is 10.8. The Hall–Kier alpha value is -0.923. The van der Waals surface area contributed by atoms with Crippen LogP contribution in [-0.2, 0) is 11.0 Å². The molecule has 0 aliphatic carbocycles. The van der Waals surface area contributed by atoms with E-state index >= 15 is 0 Å². The summed E-state index contributed by atoms with van der Waals surface area (Å²) >= 11 is 0.983. The lowest BCUT2D eigenvalue weighted by Crippen LogP contribution is -2.40. The highest BCUT2D eigenvalue weighted by atomic mass is 32.1. The Morgan fingerprint density at radius 3 is 2.50 bits per heavy atom. The van der Waals surface area contributed by atoms with E-state index in [9.17, 15) is 4.79 Å². The van der Waals surface area contributed by atoms with Crippen LogP contribution in [0.25, 0.3) is 0 Å². The van der Waals surface area contributed by atoms with E-state index in [2.05, 4.69) is 38.8 Å². The first-order valence-electron chi connectivity index (χ1n) is 5.67. The van der Waals surface area contributed by atoms with Gasteiger partial charge in [-0.25, -0.2) is 9.78 Å². The van der Waals surface area contributed by atoms with Crippen LogP contribution >= 0.6 is 11.3 Å². The zero-order valence-electron chi connectivity index (χ0n) is 11.4. The van der Waals surface area contributed by atoms with E-state index in [0.29, 0.717) is 5.69 Å². The molecule has 0 spiro atoms. The van der Waals surface area contributed by atoms with Crippen LogP contribution in [0.15, 0.2) is 0 Å². The Morgan fingerprint density at radius 1 is 1.50 bits per heavy atom. The lowest BCUT2D eigenvalue weighted by molar-refractivity contribution is 0.0698. The number of rotatable bonds is 4. The van der Waals surface area contributed by atoms with E-state index in [4.69, 9.17) is 15.3 Å². The first-order valence-corrected chi connectivity index (χ1v) is 9.39. The van der Waals surface area contributed by atoms with Crippen molar-refractivity contribution < 1.29 is 14.3 Å². The van der Waals surface area contributed by atoms with Crippen molar-refractivity contribution in [3.8, 4) is 0 Å². The van der Waals surface area contributed by atoms with Crippen molar-refractivity contribution in [2.75, 3.05) is 5.73 Å². The predicted molar refractivity (Wildman–Crippen MR) is 75.5 cm³/mol. The fourth-order valence-corrected chi connectivity index (χ4v) is 2.71. The molecule has 0 unspecified atom stereocenters. The summed E-state index contributed by atoms with van der Waals surface area (Å²) in [5.74, 6) is -1.00. The van der Waals surface area contributed by atoms with E-state index in [0.717, 1.165) is 11.3 Å². The first-order chi connectivity index (χ1) is 8.04. The van der Waals surface area contributed by atoms with Gasteiger partial charge in [-0.05, 0) is 18.1 Å². The Balaban J connectivity index is 2.84. The van der Waals surface area contributed by atoms with E-state index in [1.807, 2.05) is 0 Å². The fraction of sp³-hybridized carbons (Fsp3) is 0.636. The minimum atomic E-state index is -1.91. The number of nitrogens with zero attached hydrogens (tertiary/aromatic N) is 1. The van der Waals surface area contributed by atoms with Crippen LogP contribution < -0.4 is 5.73 Å². The molecular weight excluding hydrogens is 268 g/mol. The molecule has 1 rings (SSSR count). The SMILES string of the molecule is CC(C)(C)[Si](C)(C)OCc1nc(N)sc1C(=O)O. The average molecular weight is 288 g/mol. The smallest absolute Gasteiger partial charge is 0.347 e. The molecule has 0 aliphatic rings. The molecule has 18 heavy (non-hydrogen) atoms. The number of aromatic nitrogens is 1. The number of carbonyl (C=O) groups is 1. The maximum absolute atomic E-state index is 11.0. The zero-order chi connectivity index (χ0) is 14.1. The molecule has 0 aromatic carbocycles. The molecule has 1 heterocycles. The Bertz CT molecular complexity index is 452. The molecule has 1 aromatic rings. The van der Waals surface area contributed by atoms with Gasteiger partial charge in [0.25, 0.3) is 0 Å². The normalized spacial score (nSPS) is 12.7. The highest BCUT2D eigenvalue weighted by Gasteiger charge is 2.37. The third-order valence-electron chi connectivity index (χ3n) is 3.28. The van der Waals surface area contributed by atoms with Gasteiger partial charge in [0.1, 0.15) is 4.88 Å². The predicted octanol–water partition coefficient (Wildman–Crippen LogP) is 2.95. The van der Waals surface area contributed by atoms with Crippen LogP contribution in [0.4, 0.5) is 5.13 Å². The van der Waals surface area contributed by atoms with Crippen molar-refractivity contribution in [2.45, 2.75) is 45.5 Å². The first kappa shape index (κ1) is 15.1. The summed E-state index contributed by atoms with van der Waals surface area (Å²) < 4.78 is 5.95. The number of hydrogen-bond acceptors (Lipinski definition) is 5. The highest BCUT2D eigenvalue weighted by molar-refractivity contribution is 7.17. The summed E-state index contributed by atoms with van der Waals surface area (Å²) in [5, 5.41) is 9.39. The molecule has 0 aliphatic heterocycles. The Kier molecular flexibility index (Phi) is 4.19. The lowest BCUT2D eigenvalue weighted by atomic mass is 10.2. The van der Waals surface area contributed by atoms with Crippen LogP contribution in [0, 0.1) is 0 Å². The maximum atomic E-state index is 11.0. The average Bonchev–Trinajstić information content (AvgIpc) is 2.55. The standard InChI is InChI=1S/C11H20N2O3SSi/c1-11(2,3)18(4,5)16-6-7-8(9(14)15)17-10(12)13-7/h6H2,1-5H3,(H2,12,13)(H,14,15). The van der Waals surface area contributed by atoms with E-state index in [1.165, 1.54) is 0 Å². The molecule has 1 aromatic heterocycles. The largest absolute Gasteiger partial charge is 0.477 e. The van der Waals surface area contributed by atoms with Crippen LogP contribution in [0.1, 0.15) is 36.1 Å². The molecule has 102 valence electrons. The second kappa shape index (κ2) is 4.98. The van der Waals surface area contributed by atoms with Gasteiger partial charge in [-0.3, -0.25) is 0 Å². The fourth-order valence-electron chi connectivity index (χ4n) is 1.10. The molecule has 0 atom stereocenters. The van der Waals surface area contributed by atoms with Crippen molar-refractivity contribution >= 4 is 30.8 Å². The van der Waals surface area contributed by atoms with Crippen LogP contribution in [-0.4, -0.2) is 24.4 Å². The number of carboxylic acids is 1. The van der Waals surface area contributed by atoms with Crippen molar-refractivity contribution in [2.24, 2.45) is 0 Å². The van der Waals surface area contributed by atoms with Gasteiger partial charge in [0.15, 0.2) is 13.4 Å². The third kappa shape index (κ3) is 3.30. The van der Waals surface area contributed by atoms with E-state index in [1.54, 1.807) is 0 Å². The maximum Gasteiger partial charge on any atom is 0.347 e. The molecule has 7 heteroatoms. The Morgan fingerprint density at radius 2 is 2.06 bits per heavy atom. The quantitative estimate of drug-likeness (QED) is 0.832. The van der Waals surface area contributed by atoms with Crippen molar-refractivity contribution in [3.63, 3.8) is 0 Å². The monoisotopic (exact) mass is 288 g/mol. The number of nitrogen functional groups attached to an aromatic ring is 1. The van der Waals surface area contributed by atoms with Gasteiger partial charge in [-0.1, -0.05) is 32.1 Å². The number of aromatic carboxylic acids is 1. The van der Waals surface area contributed by atoms with Gasteiger partial charge in [0.2, 0.25) is 0 Å². The van der Waals surface area contributed by atoms with Gasteiger partial charge in [0.05, 0.1) is 12.3 Å². The van der Waals surface area contributed by atoms with Crippen molar-refractivity contribution in [1.82, 2.24) is 4.98 Å². The zero-order valence-corrected chi connectivity index (χ0v) is 13.2. The van der Waals surface area contributed by atoms with Gasteiger partial charge in [-0.15, -0.1) is 0 Å². The number of hydrogen-bond donors (Lipinski definition) is 2. The van der Waals surface area contributed by atoms with Crippen LogP contribution in [0.2, 0.25) is 18.1 Å². The second-order valence-electron chi connectivity index (χ2n) is 5.68. The molecule has 0 saturated heterocycles. The molecule has 0 fully saturated rings. The molecule has 0 amide bonds. The van der Waals surface area contributed by atoms with Gasteiger partial charge >= 0.3 is 5.97 Å². The third-order valence-corrected chi connectivity index (χ3v) is 8.68. The number of carboxylic acid groups (broad SMARTS) is 1. The summed E-state index contributed by atoms with van der Waals surface area (Å²) in [6.07, 6.45) is 0. The number of nitrogens with two attached hydrogens (primary N) is 1. The molecular formula is C11H20N2O3SSi. The minimum absolute atomic E-state index is 0.0813. The molecule has 0 saturated carbocycles. The molecule has 0 radical (unpaired) electrons. The summed E-state index contributed by atoms with van der Waals surface area (Å²) in [5.41, 5.74) is 5.97. The van der Waals surface area contributed by atoms with Gasteiger partial charge < -0.3 is 15.3 Å². The summed E-state index contributed by atoms with van der Waals surface area (Å²) in [6, 6.07) is 0. The molecule has 5 nitrogen and oxygen atoms in total. The molecule has 3 N–H and O–H groups in total. The van der Waals surface area contributed by atoms with E-state index in [-0.39, 0.29) is 21.7 Å². The highest BCUT2D eigenvalue weighted by Crippen LogP contribution is 2.37.